The van der Waals surface area contributed by atoms with Crippen molar-refractivity contribution >= 4 is 28.0 Å². The van der Waals surface area contributed by atoms with E-state index in [1.807, 2.05) is 12.1 Å². The average Bonchev–Trinajstić information content (AvgIpc) is 3.22. The summed E-state index contributed by atoms with van der Waals surface area (Å²) >= 11 is 1.50. The monoisotopic (exact) mass is 410 g/mol. The first-order valence-electron chi connectivity index (χ1n) is 8.06. The largest absolute Gasteiger partial charge is 0.459 e. The predicted molar refractivity (Wildman–Crippen MR) is 88.3 cm³/mol. The Hall–Kier alpha value is -2.01. The van der Waals surface area contributed by atoms with E-state index in [0.29, 0.717) is 19.6 Å². The van der Waals surface area contributed by atoms with Crippen LogP contribution in [0, 0.1) is 0 Å². The van der Waals surface area contributed by atoms with Crippen LogP contribution in [0.3, 0.4) is 0 Å². The molecule has 148 valence electrons. The second-order valence-electron chi connectivity index (χ2n) is 5.89. The lowest BCUT2D eigenvalue weighted by Gasteiger charge is -2.27. The Kier molecular flexibility index (Phi) is 5.52. The van der Waals surface area contributed by atoms with Gasteiger partial charge in [-0.1, -0.05) is 11.2 Å². The molecule has 0 amide bonds. The summed E-state index contributed by atoms with van der Waals surface area (Å²) < 4.78 is 69.8. The van der Waals surface area contributed by atoms with Crippen LogP contribution in [0.4, 0.5) is 27.0 Å². The Morgan fingerprint density at radius 3 is 2.56 bits per heavy atom. The molecule has 2 aliphatic rings. The summed E-state index contributed by atoms with van der Waals surface area (Å²) in [5, 5.41) is 3.67. The number of nitrogens with zero attached hydrogens (tertiary/aromatic N) is 2. The number of aryl methyl sites for hydroxylation is 1. The summed E-state index contributed by atoms with van der Waals surface area (Å²) in [4.78, 5) is 18.6. The number of morpholine rings is 1. The number of carbonyl (C=O) groups is 1. The fourth-order valence-electron chi connectivity index (χ4n) is 2.64. The molecule has 0 aromatic carbocycles. The molecule has 0 spiro atoms. The van der Waals surface area contributed by atoms with Crippen LogP contribution in [0.2, 0.25) is 0 Å². The number of halogens is 5. The van der Waals surface area contributed by atoms with Crippen LogP contribution < -0.4 is 4.90 Å². The fourth-order valence-corrected chi connectivity index (χ4v) is 3.71. The van der Waals surface area contributed by atoms with E-state index in [0.717, 1.165) is 29.0 Å². The Balaban J connectivity index is 1.66. The third-order valence-corrected chi connectivity index (χ3v) is 5.26. The van der Waals surface area contributed by atoms with Crippen molar-refractivity contribution < 1.29 is 36.3 Å². The van der Waals surface area contributed by atoms with Crippen LogP contribution >= 0.6 is 11.3 Å². The second kappa shape index (κ2) is 7.55. The van der Waals surface area contributed by atoms with Crippen molar-refractivity contribution in [2.75, 3.05) is 31.2 Å². The SMILES string of the molecule is O=C1ON=C(C(F)(F)C(F)(F)F)/C1=C/CCc1ccc(N2CCOCC2)s1. The number of hydrogen-bond donors (Lipinski definition) is 0. The molecule has 27 heavy (non-hydrogen) atoms. The van der Waals surface area contributed by atoms with Gasteiger partial charge in [0.1, 0.15) is 0 Å². The van der Waals surface area contributed by atoms with E-state index in [4.69, 9.17) is 4.74 Å². The van der Waals surface area contributed by atoms with E-state index in [1.54, 1.807) is 0 Å². The van der Waals surface area contributed by atoms with E-state index in [9.17, 15) is 26.7 Å². The first-order valence-corrected chi connectivity index (χ1v) is 8.88. The number of rotatable bonds is 5. The zero-order valence-electron chi connectivity index (χ0n) is 13.9. The van der Waals surface area contributed by atoms with E-state index >= 15 is 0 Å². The number of thiophene rings is 1. The van der Waals surface area contributed by atoms with Crippen molar-refractivity contribution in [2.45, 2.75) is 24.9 Å². The minimum absolute atomic E-state index is 0.0977. The van der Waals surface area contributed by atoms with Crippen molar-refractivity contribution in [3.63, 3.8) is 0 Å². The molecule has 3 rings (SSSR count). The highest BCUT2D eigenvalue weighted by molar-refractivity contribution is 7.16. The van der Waals surface area contributed by atoms with Gasteiger partial charge in [0.2, 0.25) is 0 Å². The molecule has 2 aliphatic heterocycles. The predicted octanol–water partition coefficient (Wildman–Crippen LogP) is 3.55. The zero-order valence-corrected chi connectivity index (χ0v) is 14.7. The summed E-state index contributed by atoms with van der Waals surface area (Å²) in [7, 11) is 0. The van der Waals surface area contributed by atoms with E-state index < -0.39 is 29.4 Å². The lowest BCUT2D eigenvalue weighted by molar-refractivity contribution is -0.249. The molecule has 0 aliphatic carbocycles. The highest BCUT2D eigenvalue weighted by atomic mass is 32.1. The normalized spacial score (nSPS) is 20.2. The van der Waals surface area contributed by atoms with Crippen LogP contribution in [-0.2, 0) is 20.8 Å². The van der Waals surface area contributed by atoms with Gasteiger partial charge in [-0.05, 0) is 25.0 Å². The van der Waals surface area contributed by atoms with Crippen molar-refractivity contribution in [1.29, 1.82) is 0 Å². The zero-order chi connectivity index (χ0) is 19.7. The van der Waals surface area contributed by atoms with Crippen LogP contribution in [0.5, 0.6) is 0 Å². The van der Waals surface area contributed by atoms with E-state index in [-0.39, 0.29) is 6.42 Å². The molecule has 1 aromatic heterocycles. The van der Waals surface area contributed by atoms with Crippen LogP contribution in [0.25, 0.3) is 0 Å². The Morgan fingerprint density at radius 1 is 1.19 bits per heavy atom. The summed E-state index contributed by atoms with van der Waals surface area (Å²) in [5.74, 6) is -6.56. The smallest absolute Gasteiger partial charge is 0.378 e. The van der Waals surface area contributed by atoms with Gasteiger partial charge in [0, 0.05) is 18.0 Å². The molecule has 0 bridgehead atoms. The minimum Gasteiger partial charge on any atom is -0.378 e. The number of carbonyl (C=O) groups excluding carboxylic acids is 1. The number of ether oxygens (including phenoxy) is 1. The Labute approximate surface area is 155 Å². The molecule has 0 atom stereocenters. The quantitative estimate of drug-likeness (QED) is 0.423. The molecule has 11 heteroatoms. The van der Waals surface area contributed by atoms with Gasteiger partial charge in [-0.2, -0.15) is 22.0 Å². The lowest BCUT2D eigenvalue weighted by atomic mass is 10.0. The topological polar surface area (TPSA) is 51.1 Å². The summed E-state index contributed by atoms with van der Waals surface area (Å²) in [6, 6.07) is 3.78. The van der Waals surface area contributed by atoms with Crippen LogP contribution in [0.15, 0.2) is 28.9 Å². The van der Waals surface area contributed by atoms with E-state index in [1.165, 1.54) is 11.3 Å². The van der Waals surface area contributed by atoms with Gasteiger partial charge >= 0.3 is 18.1 Å². The van der Waals surface area contributed by atoms with Gasteiger partial charge in [0.15, 0.2) is 5.71 Å². The van der Waals surface area contributed by atoms with Crippen LogP contribution in [-0.4, -0.2) is 50.1 Å². The van der Waals surface area contributed by atoms with Gasteiger partial charge in [0.05, 0.1) is 23.8 Å². The lowest BCUT2D eigenvalue weighted by Crippen LogP contribution is -2.44. The van der Waals surface area contributed by atoms with Crippen molar-refractivity contribution in [3.8, 4) is 0 Å². The first-order chi connectivity index (χ1) is 12.7. The Morgan fingerprint density at radius 2 is 1.89 bits per heavy atom. The molecule has 0 unspecified atom stereocenters. The van der Waals surface area contributed by atoms with Crippen molar-refractivity contribution in [2.24, 2.45) is 5.16 Å². The van der Waals surface area contributed by atoms with Gasteiger partial charge < -0.3 is 14.5 Å². The summed E-state index contributed by atoms with van der Waals surface area (Å²) in [5.41, 5.74) is -2.54. The molecular formula is C16H15F5N2O3S. The van der Waals surface area contributed by atoms with Crippen LogP contribution in [0.1, 0.15) is 11.3 Å². The highest BCUT2D eigenvalue weighted by Gasteiger charge is 2.64. The maximum Gasteiger partial charge on any atom is 0.459 e. The third-order valence-electron chi connectivity index (χ3n) is 4.06. The maximum atomic E-state index is 13.5. The molecule has 0 N–H and O–H groups in total. The molecule has 5 nitrogen and oxygen atoms in total. The number of allylic oxidation sites excluding steroid dienone is 1. The highest BCUT2D eigenvalue weighted by Crippen LogP contribution is 2.40. The second-order valence-corrected chi connectivity index (χ2v) is 7.03. The fraction of sp³-hybridized carbons (Fsp3) is 0.500. The minimum atomic E-state index is -5.86. The number of hydrogen-bond acceptors (Lipinski definition) is 6. The number of alkyl halides is 5. The number of oxime groups is 1. The van der Waals surface area contributed by atoms with Gasteiger partial charge in [-0.15, -0.1) is 11.3 Å². The van der Waals surface area contributed by atoms with E-state index in [2.05, 4.69) is 14.9 Å². The molecule has 0 radical (unpaired) electrons. The van der Waals surface area contributed by atoms with Gasteiger partial charge in [-0.25, -0.2) is 4.79 Å². The molecule has 0 saturated carbocycles. The summed E-state index contributed by atoms with van der Waals surface area (Å²) in [6.45, 7) is 2.80. The molecule has 1 fully saturated rings. The average molecular weight is 410 g/mol. The third kappa shape index (κ3) is 4.13. The molecule has 1 saturated heterocycles. The molecule has 1 aromatic rings. The van der Waals surface area contributed by atoms with Gasteiger partial charge in [-0.3, -0.25) is 0 Å². The standard InChI is InChI=1S/C16H15F5N2O3S/c17-15(18,16(19,20)21)13-11(14(24)26-22-13)3-1-2-10-4-5-12(27-10)23-6-8-25-9-7-23/h3-5H,1-2,6-9H2/b11-3-. The molecular weight excluding hydrogens is 395 g/mol. The Bertz CT molecular complexity index is 766. The maximum absolute atomic E-state index is 13.5. The first kappa shape index (κ1) is 19.7. The summed E-state index contributed by atoms with van der Waals surface area (Å²) in [6.07, 6.45) is -4.36. The van der Waals surface area contributed by atoms with Crippen molar-refractivity contribution in [3.05, 3.63) is 28.7 Å². The molecule has 3 heterocycles. The van der Waals surface area contributed by atoms with Gasteiger partial charge in [0.25, 0.3) is 0 Å². The van der Waals surface area contributed by atoms with Crippen molar-refractivity contribution in [1.82, 2.24) is 0 Å². The number of anilines is 1.